The molecular weight excluding hydrogens is 184 g/mol. The molecule has 0 spiro atoms. The molecule has 2 radical (unpaired) electrons. The van der Waals surface area contributed by atoms with Crippen LogP contribution in [0.25, 0.3) is 0 Å². The third kappa shape index (κ3) is 1.96. The lowest BCUT2D eigenvalue weighted by atomic mass is 9.99. The summed E-state index contributed by atoms with van der Waals surface area (Å²) in [4.78, 5) is 12.0. The molecule has 0 aliphatic carbocycles. The predicted octanol–water partition coefficient (Wildman–Crippen LogP) is 2.83. The first-order chi connectivity index (χ1) is 7.29. The van der Waals surface area contributed by atoms with Gasteiger partial charge in [0.05, 0.1) is 0 Å². The highest BCUT2D eigenvalue weighted by Crippen LogP contribution is 2.12. The van der Waals surface area contributed by atoms with Gasteiger partial charge in [0.1, 0.15) is 0 Å². The van der Waals surface area contributed by atoms with Crippen LogP contribution in [-0.4, -0.2) is 5.78 Å². The summed E-state index contributed by atoms with van der Waals surface area (Å²) in [7, 11) is 0. The standard InChI is InChI=1S/C14H10O/c1-11-7-5-6-10-13(11)14(15)12-8-3-2-4-9-12/h2-3,5-7,9-10H,1H3. The summed E-state index contributed by atoms with van der Waals surface area (Å²) in [5, 5.41) is 0. The van der Waals surface area contributed by atoms with E-state index in [4.69, 9.17) is 0 Å². The van der Waals surface area contributed by atoms with Gasteiger partial charge in [-0.1, -0.05) is 36.4 Å². The monoisotopic (exact) mass is 194 g/mol. The maximum absolute atomic E-state index is 12.0. The molecule has 0 aliphatic heterocycles. The number of carbonyl (C=O) groups excluding carboxylic acids is 1. The highest BCUT2D eigenvalue weighted by molar-refractivity contribution is 6.09. The van der Waals surface area contributed by atoms with Crippen LogP contribution < -0.4 is 0 Å². The quantitative estimate of drug-likeness (QED) is 0.672. The molecule has 0 bridgehead atoms. The van der Waals surface area contributed by atoms with E-state index in [1.54, 1.807) is 18.2 Å². The molecular formula is C14H10O. The van der Waals surface area contributed by atoms with E-state index in [0.717, 1.165) is 11.1 Å². The molecule has 0 saturated heterocycles. The zero-order chi connectivity index (χ0) is 10.7. The van der Waals surface area contributed by atoms with E-state index in [0.29, 0.717) is 5.56 Å². The van der Waals surface area contributed by atoms with E-state index >= 15 is 0 Å². The fourth-order valence-electron chi connectivity index (χ4n) is 1.46. The van der Waals surface area contributed by atoms with Gasteiger partial charge in [0, 0.05) is 11.1 Å². The highest BCUT2D eigenvalue weighted by Gasteiger charge is 2.10. The van der Waals surface area contributed by atoms with Gasteiger partial charge in [-0.15, -0.1) is 0 Å². The van der Waals surface area contributed by atoms with Crippen LogP contribution in [0.3, 0.4) is 0 Å². The van der Waals surface area contributed by atoms with Crippen LogP contribution in [0.4, 0.5) is 0 Å². The van der Waals surface area contributed by atoms with Crippen molar-refractivity contribution in [3.05, 3.63) is 71.3 Å². The maximum atomic E-state index is 12.0. The Morgan fingerprint density at radius 1 is 1.20 bits per heavy atom. The molecule has 0 saturated carbocycles. The number of hydrogen-bond donors (Lipinski definition) is 0. The van der Waals surface area contributed by atoms with E-state index in [-0.39, 0.29) is 5.78 Å². The summed E-state index contributed by atoms with van der Waals surface area (Å²) >= 11 is 0. The van der Waals surface area contributed by atoms with E-state index in [1.165, 1.54) is 0 Å². The van der Waals surface area contributed by atoms with Crippen molar-refractivity contribution >= 4 is 5.78 Å². The lowest BCUT2D eigenvalue weighted by molar-refractivity contribution is 0.103. The van der Waals surface area contributed by atoms with Crippen molar-refractivity contribution in [3.8, 4) is 0 Å². The molecule has 1 heteroatoms. The molecule has 0 aromatic heterocycles. The molecule has 0 N–H and O–H groups in total. The fourth-order valence-corrected chi connectivity index (χ4v) is 1.46. The summed E-state index contributed by atoms with van der Waals surface area (Å²) in [5.41, 5.74) is 2.28. The molecule has 2 aromatic carbocycles. The molecule has 72 valence electrons. The van der Waals surface area contributed by atoms with Gasteiger partial charge in [-0.05, 0) is 30.7 Å². The van der Waals surface area contributed by atoms with Crippen molar-refractivity contribution in [2.75, 3.05) is 0 Å². The average molecular weight is 194 g/mol. The Kier molecular flexibility index (Phi) is 2.64. The number of aryl methyl sites for hydroxylation is 1. The number of carbonyl (C=O) groups is 1. The van der Waals surface area contributed by atoms with Crippen LogP contribution in [0, 0.1) is 19.1 Å². The second kappa shape index (κ2) is 4.09. The lowest BCUT2D eigenvalue weighted by Gasteiger charge is -2.03. The summed E-state index contributed by atoms with van der Waals surface area (Å²) in [5.74, 6) is 0.00458. The van der Waals surface area contributed by atoms with Gasteiger partial charge in [0.15, 0.2) is 5.78 Å². The largest absolute Gasteiger partial charge is 0.289 e. The first kappa shape index (κ1) is 9.66. The number of hydrogen-bond acceptors (Lipinski definition) is 1. The predicted molar refractivity (Wildman–Crippen MR) is 58.7 cm³/mol. The van der Waals surface area contributed by atoms with E-state index in [1.807, 2.05) is 31.2 Å². The van der Waals surface area contributed by atoms with Gasteiger partial charge < -0.3 is 0 Å². The van der Waals surface area contributed by atoms with Gasteiger partial charge in [-0.3, -0.25) is 4.79 Å². The minimum atomic E-state index is 0.00458. The maximum Gasteiger partial charge on any atom is 0.193 e. The molecule has 0 aliphatic rings. The molecule has 1 nitrogen and oxygen atoms in total. The topological polar surface area (TPSA) is 17.1 Å². The van der Waals surface area contributed by atoms with Gasteiger partial charge in [0.25, 0.3) is 0 Å². The van der Waals surface area contributed by atoms with Gasteiger partial charge in [-0.25, -0.2) is 0 Å². The number of ketones is 1. The SMILES string of the molecule is Cc1ccccc1C(=O)c1[c]cc[c]c1. The average Bonchev–Trinajstić information content (AvgIpc) is 2.30. The second-order valence-corrected chi connectivity index (χ2v) is 3.35. The fraction of sp³-hybridized carbons (Fsp3) is 0.0714. The zero-order valence-electron chi connectivity index (χ0n) is 8.45. The van der Waals surface area contributed by atoms with Gasteiger partial charge in [0.2, 0.25) is 0 Å². The minimum Gasteiger partial charge on any atom is -0.289 e. The molecule has 2 rings (SSSR count). The van der Waals surface area contributed by atoms with Crippen LogP contribution in [-0.2, 0) is 0 Å². The Morgan fingerprint density at radius 2 is 2.00 bits per heavy atom. The Morgan fingerprint density at radius 3 is 2.67 bits per heavy atom. The van der Waals surface area contributed by atoms with Crippen molar-refractivity contribution < 1.29 is 4.79 Å². The summed E-state index contributed by atoms with van der Waals surface area (Å²) in [6.07, 6.45) is 0. The molecule has 0 amide bonds. The van der Waals surface area contributed by atoms with E-state index < -0.39 is 0 Å². The smallest absolute Gasteiger partial charge is 0.193 e. The van der Waals surface area contributed by atoms with E-state index in [2.05, 4.69) is 12.1 Å². The Hall–Kier alpha value is -1.89. The van der Waals surface area contributed by atoms with Crippen molar-refractivity contribution in [1.82, 2.24) is 0 Å². The highest BCUT2D eigenvalue weighted by atomic mass is 16.1. The number of rotatable bonds is 2. The van der Waals surface area contributed by atoms with Crippen LogP contribution in [0.2, 0.25) is 0 Å². The van der Waals surface area contributed by atoms with Crippen molar-refractivity contribution in [1.29, 1.82) is 0 Å². The first-order valence-electron chi connectivity index (χ1n) is 4.77. The van der Waals surface area contributed by atoms with Crippen molar-refractivity contribution in [2.45, 2.75) is 6.92 Å². The normalized spacial score (nSPS) is 9.93. The summed E-state index contributed by atoms with van der Waals surface area (Å²) < 4.78 is 0. The third-order valence-corrected chi connectivity index (χ3v) is 2.28. The Balaban J connectivity index is 2.42. The summed E-state index contributed by atoms with van der Waals surface area (Å²) in [6, 6.07) is 18.4. The van der Waals surface area contributed by atoms with Gasteiger partial charge >= 0.3 is 0 Å². The minimum absolute atomic E-state index is 0.00458. The summed E-state index contributed by atoms with van der Waals surface area (Å²) in [6.45, 7) is 1.93. The second-order valence-electron chi connectivity index (χ2n) is 3.35. The molecule has 0 atom stereocenters. The molecule has 15 heavy (non-hydrogen) atoms. The van der Waals surface area contributed by atoms with E-state index in [9.17, 15) is 4.79 Å². The number of benzene rings is 2. The van der Waals surface area contributed by atoms with Crippen molar-refractivity contribution in [3.63, 3.8) is 0 Å². The van der Waals surface area contributed by atoms with Gasteiger partial charge in [-0.2, -0.15) is 0 Å². The van der Waals surface area contributed by atoms with Crippen LogP contribution >= 0.6 is 0 Å². The Labute approximate surface area is 89.4 Å². The molecule has 2 aromatic rings. The Bertz CT molecular complexity index is 472. The first-order valence-corrected chi connectivity index (χ1v) is 4.77. The lowest BCUT2D eigenvalue weighted by Crippen LogP contribution is -2.03. The molecule has 0 heterocycles. The van der Waals surface area contributed by atoms with Crippen molar-refractivity contribution in [2.24, 2.45) is 0 Å². The molecule has 0 fully saturated rings. The zero-order valence-corrected chi connectivity index (χ0v) is 8.45. The third-order valence-electron chi connectivity index (χ3n) is 2.28. The van der Waals surface area contributed by atoms with Crippen LogP contribution in [0.5, 0.6) is 0 Å². The van der Waals surface area contributed by atoms with Crippen LogP contribution in [0.1, 0.15) is 21.5 Å². The molecule has 0 unspecified atom stereocenters. The van der Waals surface area contributed by atoms with Crippen LogP contribution in [0.15, 0.2) is 42.5 Å².